The molecule has 0 amide bonds. The predicted octanol–water partition coefficient (Wildman–Crippen LogP) is 3.08. The molecule has 0 aromatic heterocycles. The largest absolute Gasteiger partial charge is 0.406 e. The molecule has 20 heavy (non-hydrogen) atoms. The van der Waals surface area contributed by atoms with E-state index in [9.17, 15) is 18.3 Å². The highest BCUT2D eigenvalue weighted by Crippen LogP contribution is 2.39. The number of aliphatic hydroxyl groups is 1. The summed E-state index contributed by atoms with van der Waals surface area (Å²) in [6.45, 7) is 2.95. The monoisotopic (exact) mass is 305 g/mol. The first-order valence-electron chi connectivity index (χ1n) is 6.55. The van der Waals surface area contributed by atoms with E-state index in [1.54, 1.807) is 30.8 Å². The van der Waals surface area contributed by atoms with Crippen molar-refractivity contribution in [3.63, 3.8) is 0 Å². The van der Waals surface area contributed by atoms with E-state index in [1.165, 1.54) is 6.92 Å². The Morgan fingerprint density at radius 3 is 2.70 bits per heavy atom. The second-order valence-corrected chi connectivity index (χ2v) is 6.24. The van der Waals surface area contributed by atoms with Crippen molar-refractivity contribution in [2.75, 3.05) is 12.3 Å². The molecule has 2 N–H and O–H groups in total. The van der Waals surface area contributed by atoms with Crippen LogP contribution in [0.4, 0.5) is 13.2 Å². The SMILES string of the molecule is CCNC(C(F)(F)F)C(C)(O)c1ccc2c(c1)SCC2. The zero-order valence-corrected chi connectivity index (χ0v) is 12.2. The van der Waals surface area contributed by atoms with E-state index in [0.29, 0.717) is 5.56 Å². The molecule has 0 saturated carbocycles. The van der Waals surface area contributed by atoms with Crippen LogP contribution in [0.25, 0.3) is 0 Å². The van der Waals surface area contributed by atoms with Gasteiger partial charge in [-0.15, -0.1) is 11.8 Å². The van der Waals surface area contributed by atoms with Crippen LogP contribution in [0.3, 0.4) is 0 Å². The lowest BCUT2D eigenvalue weighted by atomic mass is 9.87. The highest BCUT2D eigenvalue weighted by atomic mass is 32.2. The summed E-state index contributed by atoms with van der Waals surface area (Å²) in [4.78, 5) is 0.972. The lowest BCUT2D eigenvalue weighted by molar-refractivity contribution is -0.201. The molecular formula is C14H18F3NOS. The molecule has 1 heterocycles. The topological polar surface area (TPSA) is 32.3 Å². The summed E-state index contributed by atoms with van der Waals surface area (Å²) in [7, 11) is 0. The molecule has 0 saturated heterocycles. The van der Waals surface area contributed by atoms with Crippen LogP contribution in [0.5, 0.6) is 0 Å². The smallest absolute Gasteiger partial charge is 0.383 e. The Bertz CT molecular complexity index is 488. The molecule has 2 unspecified atom stereocenters. The first-order chi connectivity index (χ1) is 9.26. The predicted molar refractivity (Wildman–Crippen MR) is 74.0 cm³/mol. The molecule has 112 valence electrons. The van der Waals surface area contributed by atoms with Gasteiger partial charge in [-0.1, -0.05) is 19.1 Å². The molecule has 0 fully saturated rings. The molecule has 2 rings (SSSR count). The molecule has 6 heteroatoms. The van der Waals surface area contributed by atoms with Gasteiger partial charge < -0.3 is 10.4 Å². The second-order valence-electron chi connectivity index (χ2n) is 5.10. The fourth-order valence-corrected chi connectivity index (χ4v) is 3.59. The Hall–Kier alpha value is -0.720. The van der Waals surface area contributed by atoms with Crippen molar-refractivity contribution in [2.45, 2.75) is 43.0 Å². The molecule has 1 aliphatic heterocycles. The lowest BCUT2D eigenvalue weighted by Gasteiger charge is -2.35. The van der Waals surface area contributed by atoms with Gasteiger partial charge in [0.15, 0.2) is 0 Å². The number of thioether (sulfide) groups is 1. The summed E-state index contributed by atoms with van der Waals surface area (Å²) in [5.41, 5.74) is -0.553. The number of likely N-dealkylation sites (N-methyl/N-ethyl adjacent to an activating group) is 1. The molecule has 2 atom stereocenters. The van der Waals surface area contributed by atoms with Gasteiger partial charge >= 0.3 is 6.18 Å². The van der Waals surface area contributed by atoms with Crippen molar-refractivity contribution in [1.29, 1.82) is 0 Å². The molecule has 0 spiro atoms. The quantitative estimate of drug-likeness (QED) is 0.896. The third-order valence-electron chi connectivity index (χ3n) is 3.58. The van der Waals surface area contributed by atoms with Crippen molar-refractivity contribution in [3.05, 3.63) is 29.3 Å². The summed E-state index contributed by atoms with van der Waals surface area (Å²) >= 11 is 1.62. The number of halogens is 3. The molecular weight excluding hydrogens is 287 g/mol. The van der Waals surface area contributed by atoms with Crippen molar-refractivity contribution in [3.8, 4) is 0 Å². The molecule has 0 aliphatic carbocycles. The second kappa shape index (κ2) is 5.58. The van der Waals surface area contributed by atoms with E-state index in [1.807, 2.05) is 6.07 Å². The van der Waals surface area contributed by atoms with Gasteiger partial charge in [0.2, 0.25) is 0 Å². The summed E-state index contributed by atoms with van der Waals surface area (Å²) in [6.07, 6.45) is -3.58. The van der Waals surface area contributed by atoms with Crippen molar-refractivity contribution < 1.29 is 18.3 Å². The summed E-state index contributed by atoms with van der Waals surface area (Å²) in [5.74, 6) is 0.941. The standard InChI is InChI=1S/C14H18F3NOS/c1-3-18-12(14(15,16)17)13(2,19)10-5-4-9-6-7-20-11(9)8-10/h4-5,8,12,18-19H,3,6-7H2,1-2H3. The minimum Gasteiger partial charge on any atom is -0.383 e. The van der Waals surface area contributed by atoms with Gasteiger partial charge in [-0.25, -0.2) is 0 Å². The number of alkyl halides is 3. The van der Waals surface area contributed by atoms with Crippen molar-refractivity contribution in [2.24, 2.45) is 0 Å². The number of aryl methyl sites for hydroxylation is 1. The highest BCUT2D eigenvalue weighted by Gasteiger charge is 2.51. The maximum absolute atomic E-state index is 13.1. The van der Waals surface area contributed by atoms with Gasteiger partial charge in [0.25, 0.3) is 0 Å². The summed E-state index contributed by atoms with van der Waals surface area (Å²) in [5, 5.41) is 12.8. The van der Waals surface area contributed by atoms with Crippen LogP contribution in [0.15, 0.2) is 23.1 Å². The van der Waals surface area contributed by atoms with Gasteiger partial charge in [-0.05, 0) is 37.1 Å². The average Bonchev–Trinajstić information content (AvgIpc) is 2.81. The summed E-state index contributed by atoms with van der Waals surface area (Å²) < 4.78 is 39.4. The van der Waals surface area contributed by atoms with Crippen molar-refractivity contribution in [1.82, 2.24) is 5.32 Å². The van der Waals surface area contributed by atoms with E-state index in [4.69, 9.17) is 0 Å². The third kappa shape index (κ3) is 2.97. The van der Waals surface area contributed by atoms with E-state index < -0.39 is 17.8 Å². The number of hydrogen-bond donors (Lipinski definition) is 2. The van der Waals surface area contributed by atoms with Crippen LogP contribution in [-0.2, 0) is 12.0 Å². The van der Waals surface area contributed by atoms with Crippen LogP contribution in [0.2, 0.25) is 0 Å². The third-order valence-corrected chi connectivity index (χ3v) is 4.68. The van der Waals surface area contributed by atoms with E-state index in [2.05, 4.69) is 5.32 Å². The summed E-state index contributed by atoms with van der Waals surface area (Å²) in [6, 6.07) is 3.12. The number of hydrogen-bond acceptors (Lipinski definition) is 3. The van der Waals surface area contributed by atoms with E-state index in [0.717, 1.165) is 22.6 Å². The zero-order valence-electron chi connectivity index (χ0n) is 11.4. The Morgan fingerprint density at radius 1 is 1.40 bits per heavy atom. The number of nitrogens with one attached hydrogen (secondary N) is 1. The van der Waals surface area contributed by atoms with E-state index in [-0.39, 0.29) is 6.54 Å². The van der Waals surface area contributed by atoms with Crippen LogP contribution < -0.4 is 5.32 Å². The lowest BCUT2D eigenvalue weighted by Crippen LogP contribution is -2.55. The van der Waals surface area contributed by atoms with Gasteiger partial charge in [-0.2, -0.15) is 13.2 Å². The zero-order chi connectivity index (χ0) is 15.0. The average molecular weight is 305 g/mol. The molecule has 1 aromatic rings. The maximum Gasteiger partial charge on any atom is 0.406 e. The van der Waals surface area contributed by atoms with Crippen LogP contribution in [0.1, 0.15) is 25.0 Å². The minimum absolute atomic E-state index is 0.139. The number of rotatable bonds is 4. The molecule has 2 nitrogen and oxygen atoms in total. The van der Waals surface area contributed by atoms with Crippen LogP contribution in [-0.4, -0.2) is 29.6 Å². The fraction of sp³-hybridized carbons (Fsp3) is 0.571. The van der Waals surface area contributed by atoms with Gasteiger partial charge in [0, 0.05) is 10.6 Å². The number of fused-ring (bicyclic) bond motifs is 1. The van der Waals surface area contributed by atoms with Crippen molar-refractivity contribution >= 4 is 11.8 Å². The first-order valence-corrected chi connectivity index (χ1v) is 7.54. The number of benzene rings is 1. The normalized spacial score (nSPS) is 19.5. The maximum atomic E-state index is 13.1. The highest BCUT2D eigenvalue weighted by molar-refractivity contribution is 7.99. The molecule has 0 radical (unpaired) electrons. The first kappa shape index (κ1) is 15.7. The minimum atomic E-state index is -4.51. The Labute approximate surface area is 120 Å². The Morgan fingerprint density at radius 2 is 2.10 bits per heavy atom. The van der Waals surface area contributed by atoms with Crippen LogP contribution >= 0.6 is 11.8 Å². The fourth-order valence-electron chi connectivity index (χ4n) is 2.49. The molecule has 0 bridgehead atoms. The van der Waals surface area contributed by atoms with Gasteiger partial charge in [0.1, 0.15) is 11.6 Å². The Kier molecular flexibility index (Phi) is 4.37. The molecule has 1 aliphatic rings. The molecule has 1 aromatic carbocycles. The van der Waals surface area contributed by atoms with E-state index >= 15 is 0 Å². The van der Waals surface area contributed by atoms with Crippen LogP contribution in [0, 0.1) is 0 Å². The van der Waals surface area contributed by atoms with Gasteiger partial charge in [-0.3, -0.25) is 0 Å². The Balaban J connectivity index is 2.37. The van der Waals surface area contributed by atoms with Gasteiger partial charge in [0.05, 0.1) is 0 Å².